The minimum atomic E-state index is 0.666. The summed E-state index contributed by atoms with van der Waals surface area (Å²) in [6.07, 6.45) is 0. The Kier molecular flexibility index (Phi) is 1.96. The molecule has 15 heavy (non-hydrogen) atoms. The highest BCUT2D eigenvalue weighted by atomic mass is 32.1. The third-order valence-electron chi connectivity index (χ3n) is 2.08. The highest BCUT2D eigenvalue weighted by molar-refractivity contribution is 7.16. The molecule has 0 fully saturated rings. The van der Waals surface area contributed by atoms with Crippen molar-refractivity contribution in [1.82, 2.24) is 14.6 Å². The molecular formula is C9H8N4S2. The van der Waals surface area contributed by atoms with Crippen molar-refractivity contribution >= 4 is 33.6 Å². The van der Waals surface area contributed by atoms with E-state index < -0.39 is 0 Å². The van der Waals surface area contributed by atoms with Crippen molar-refractivity contribution in [2.45, 2.75) is 0 Å². The van der Waals surface area contributed by atoms with Gasteiger partial charge in [0.2, 0.25) is 10.9 Å². The first-order valence-corrected chi connectivity index (χ1v) is 6.20. The Morgan fingerprint density at radius 1 is 1.40 bits per heavy atom. The Balaban J connectivity index is 2.23. The summed E-state index contributed by atoms with van der Waals surface area (Å²) in [5, 5.41) is 11.4. The summed E-state index contributed by atoms with van der Waals surface area (Å²) in [7, 11) is 1.82. The molecule has 0 aliphatic carbocycles. The molecule has 3 heterocycles. The van der Waals surface area contributed by atoms with Crippen molar-refractivity contribution in [2.24, 2.45) is 0 Å². The van der Waals surface area contributed by atoms with Gasteiger partial charge in [-0.25, -0.2) is 4.52 Å². The van der Waals surface area contributed by atoms with Crippen LogP contribution in [-0.2, 0) is 0 Å². The Labute approximate surface area is 94.2 Å². The SMILES string of the molecule is CNc1nc2scc(-c3cccs3)n2n1. The van der Waals surface area contributed by atoms with Crippen LogP contribution in [0, 0.1) is 0 Å². The zero-order valence-corrected chi connectivity index (χ0v) is 9.60. The van der Waals surface area contributed by atoms with Crippen molar-refractivity contribution < 1.29 is 0 Å². The van der Waals surface area contributed by atoms with Crippen LogP contribution < -0.4 is 5.32 Å². The number of fused-ring (bicyclic) bond motifs is 1. The predicted octanol–water partition coefficient (Wildman–Crippen LogP) is 2.56. The molecule has 3 aromatic heterocycles. The molecule has 3 aromatic rings. The number of rotatable bonds is 2. The third kappa shape index (κ3) is 1.33. The zero-order chi connectivity index (χ0) is 10.3. The number of hydrogen-bond acceptors (Lipinski definition) is 5. The van der Waals surface area contributed by atoms with Crippen molar-refractivity contribution in [3.05, 3.63) is 22.9 Å². The molecule has 0 saturated carbocycles. The van der Waals surface area contributed by atoms with Gasteiger partial charge in [-0.15, -0.1) is 27.8 Å². The Bertz CT molecular complexity index is 578. The van der Waals surface area contributed by atoms with Crippen LogP contribution >= 0.6 is 22.7 Å². The Hall–Kier alpha value is -1.40. The molecule has 0 aliphatic rings. The maximum Gasteiger partial charge on any atom is 0.243 e. The van der Waals surface area contributed by atoms with Gasteiger partial charge in [-0.2, -0.15) is 4.98 Å². The molecule has 0 spiro atoms. The Morgan fingerprint density at radius 3 is 3.07 bits per heavy atom. The van der Waals surface area contributed by atoms with Crippen LogP contribution in [-0.4, -0.2) is 21.6 Å². The van der Waals surface area contributed by atoms with Gasteiger partial charge < -0.3 is 5.32 Å². The summed E-state index contributed by atoms with van der Waals surface area (Å²) in [6, 6.07) is 4.13. The van der Waals surface area contributed by atoms with Gasteiger partial charge >= 0.3 is 0 Å². The van der Waals surface area contributed by atoms with Crippen molar-refractivity contribution in [3.63, 3.8) is 0 Å². The van der Waals surface area contributed by atoms with Gasteiger partial charge in [-0.1, -0.05) is 6.07 Å². The van der Waals surface area contributed by atoms with Crippen LogP contribution in [0.1, 0.15) is 0 Å². The van der Waals surface area contributed by atoms with Crippen LogP contribution in [0.2, 0.25) is 0 Å². The average molecular weight is 236 g/mol. The zero-order valence-electron chi connectivity index (χ0n) is 7.97. The van der Waals surface area contributed by atoms with E-state index in [2.05, 4.69) is 32.2 Å². The first-order chi connectivity index (χ1) is 7.38. The number of anilines is 1. The summed E-state index contributed by atoms with van der Waals surface area (Å²) < 4.78 is 1.88. The quantitative estimate of drug-likeness (QED) is 0.743. The van der Waals surface area contributed by atoms with Gasteiger partial charge in [0.15, 0.2) is 0 Å². The molecule has 6 heteroatoms. The van der Waals surface area contributed by atoms with Crippen molar-refractivity contribution in [2.75, 3.05) is 12.4 Å². The first kappa shape index (κ1) is 8.87. The van der Waals surface area contributed by atoms with Gasteiger partial charge in [0.25, 0.3) is 0 Å². The molecule has 0 aliphatic heterocycles. The van der Waals surface area contributed by atoms with E-state index >= 15 is 0 Å². The monoisotopic (exact) mass is 236 g/mol. The lowest BCUT2D eigenvalue weighted by molar-refractivity contribution is 0.988. The summed E-state index contributed by atoms with van der Waals surface area (Å²) >= 11 is 3.31. The fraction of sp³-hybridized carbons (Fsp3) is 0.111. The molecule has 1 N–H and O–H groups in total. The standard InChI is InChI=1S/C9H8N4S2/c1-10-8-11-9-13(12-8)6(5-15-9)7-3-2-4-14-7/h2-5H,1H3,(H,10,12). The molecule has 0 amide bonds. The maximum atomic E-state index is 4.36. The van der Waals surface area contributed by atoms with Gasteiger partial charge in [0, 0.05) is 12.4 Å². The second kappa shape index (κ2) is 3.32. The van der Waals surface area contributed by atoms with E-state index in [4.69, 9.17) is 0 Å². The number of aromatic nitrogens is 3. The van der Waals surface area contributed by atoms with Gasteiger partial charge in [0.1, 0.15) is 0 Å². The topological polar surface area (TPSA) is 42.2 Å². The second-order valence-corrected chi connectivity index (χ2v) is 4.76. The summed E-state index contributed by atoms with van der Waals surface area (Å²) in [6.45, 7) is 0. The fourth-order valence-corrected chi connectivity index (χ4v) is 3.01. The Morgan fingerprint density at radius 2 is 2.33 bits per heavy atom. The lowest BCUT2D eigenvalue weighted by Gasteiger charge is -1.92. The maximum absolute atomic E-state index is 4.36. The lowest BCUT2D eigenvalue weighted by Crippen LogP contribution is -1.91. The van der Waals surface area contributed by atoms with Crippen LogP contribution in [0.4, 0.5) is 5.95 Å². The van der Waals surface area contributed by atoms with Crippen LogP contribution in [0.15, 0.2) is 22.9 Å². The van der Waals surface area contributed by atoms with Crippen molar-refractivity contribution in [1.29, 1.82) is 0 Å². The largest absolute Gasteiger partial charge is 0.356 e. The molecular weight excluding hydrogens is 228 g/mol. The van der Waals surface area contributed by atoms with Gasteiger partial charge in [-0.3, -0.25) is 0 Å². The number of thiazole rings is 1. The highest BCUT2D eigenvalue weighted by Crippen LogP contribution is 2.28. The first-order valence-electron chi connectivity index (χ1n) is 4.44. The summed E-state index contributed by atoms with van der Waals surface area (Å²) in [5.41, 5.74) is 1.11. The summed E-state index contributed by atoms with van der Waals surface area (Å²) in [5.74, 6) is 0.666. The second-order valence-electron chi connectivity index (χ2n) is 2.98. The molecule has 0 unspecified atom stereocenters. The van der Waals surface area contributed by atoms with E-state index in [9.17, 15) is 0 Å². The van der Waals surface area contributed by atoms with E-state index in [1.165, 1.54) is 4.88 Å². The third-order valence-corrected chi connectivity index (χ3v) is 3.79. The number of hydrogen-bond donors (Lipinski definition) is 1. The van der Waals surface area contributed by atoms with Crippen LogP contribution in [0.5, 0.6) is 0 Å². The number of thiophene rings is 1. The van der Waals surface area contributed by atoms with Gasteiger partial charge in [0.05, 0.1) is 10.6 Å². The molecule has 4 nitrogen and oxygen atoms in total. The number of nitrogens with zero attached hydrogens (tertiary/aromatic N) is 3. The normalized spacial score (nSPS) is 11.0. The minimum Gasteiger partial charge on any atom is -0.356 e. The fourth-order valence-electron chi connectivity index (χ4n) is 1.38. The van der Waals surface area contributed by atoms with Gasteiger partial charge in [-0.05, 0) is 11.4 Å². The predicted molar refractivity (Wildman–Crippen MR) is 63.7 cm³/mol. The van der Waals surface area contributed by atoms with E-state index in [0.29, 0.717) is 5.95 Å². The molecule has 0 atom stereocenters. The van der Waals surface area contributed by atoms with E-state index in [1.54, 1.807) is 22.7 Å². The lowest BCUT2D eigenvalue weighted by atomic mass is 10.4. The van der Waals surface area contributed by atoms with E-state index in [0.717, 1.165) is 10.7 Å². The van der Waals surface area contributed by atoms with Crippen LogP contribution in [0.25, 0.3) is 15.5 Å². The molecule has 3 rings (SSSR count). The minimum absolute atomic E-state index is 0.666. The average Bonchev–Trinajstić information content (AvgIpc) is 2.92. The summed E-state index contributed by atoms with van der Waals surface area (Å²) in [4.78, 5) is 6.46. The van der Waals surface area contributed by atoms with E-state index in [-0.39, 0.29) is 0 Å². The molecule has 76 valence electrons. The molecule has 0 saturated heterocycles. The van der Waals surface area contributed by atoms with Crippen LogP contribution in [0.3, 0.4) is 0 Å². The van der Waals surface area contributed by atoms with Crippen molar-refractivity contribution in [3.8, 4) is 10.6 Å². The molecule has 0 aromatic carbocycles. The molecule has 0 radical (unpaired) electrons. The smallest absolute Gasteiger partial charge is 0.243 e. The molecule has 0 bridgehead atoms. The highest BCUT2D eigenvalue weighted by Gasteiger charge is 2.10. The van der Waals surface area contributed by atoms with E-state index in [1.807, 2.05) is 17.6 Å². The number of nitrogens with one attached hydrogen (secondary N) is 1.